The standard InChI is InChI=1S/C19H28N2O4/c1-14-4-3-5-15(2)21(14)19(24)13-25-17-8-6-16(7-9-17)12-18(23)20-10-11-22/h6-9,14-15,22H,3-5,10-13H2,1-2H3,(H,20,23). The van der Waals surface area contributed by atoms with Crippen LogP contribution in [0.2, 0.25) is 0 Å². The first-order valence-electron chi connectivity index (χ1n) is 8.91. The second-order valence-corrected chi connectivity index (χ2v) is 6.61. The van der Waals surface area contributed by atoms with Gasteiger partial charge in [0.1, 0.15) is 5.75 Å². The van der Waals surface area contributed by atoms with Crippen LogP contribution in [0.1, 0.15) is 38.7 Å². The number of ether oxygens (including phenoxy) is 1. The maximum atomic E-state index is 12.4. The first-order chi connectivity index (χ1) is 12.0. The van der Waals surface area contributed by atoms with Crippen LogP contribution < -0.4 is 10.1 Å². The van der Waals surface area contributed by atoms with Gasteiger partial charge in [0.2, 0.25) is 5.91 Å². The lowest BCUT2D eigenvalue weighted by Crippen LogP contribution is -2.49. The SMILES string of the molecule is CC1CCCC(C)N1C(=O)COc1ccc(CC(=O)NCCO)cc1. The van der Waals surface area contributed by atoms with Crippen LogP contribution in [0, 0.1) is 0 Å². The van der Waals surface area contributed by atoms with Crippen molar-refractivity contribution in [3.8, 4) is 5.75 Å². The molecule has 0 saturated carbocycles. The van der Waals surface area contributed by atoms with E-state index in [0.29, 0.717) is 5.75 Å². The monoisotopic (exact) mass is 348 g/mol. The molecule has 138 valence electrons. The molecular weight excluding hydrogens is 320 g/mol. The summed E-state index contributed by atoms with van der Waals surface area (Å²) in [4.78, 5) is 26.0. The molecular formula is C19H28N2O4. The van der Waals surface area contributed by atoms with Crippen molar-refractivity contribution in [2.75, 3.05) is 19.8 Å². The van der Waals surface area contributed by atoms with E-state index in [-0.39, 0.29) is 50.1 Å². The van der Waals surface area contributed by atoms with Crippen molar-refractivity contribution in [1.82, 2.24) is 10.2 Å². The van der Waals surface area contributed by atoms with E-state index in [1.165, 1.54) is 6.42 Å². The number of hydrogen-bond acceptors (Lipinski definition) is 4. The molecule has 6 heteroatoms. The second kappa shape index (κ2) is 9.42. The van der Waals surface area contributed by atoms with E-state index in [1.54, 1.807) is 12.1 Å². The fraction of sp³-hybridized carbons (Fsp3) is 0.579. The normalized spacial score (nSPS) is 20.2. The summed E-state index contributed by atoms with van der Waals surface area (Å²) in [5, 5.41) is 11.3. The summed E-state index contributed by atoms with van der Waals surface area (Å²) in [6.07, 6.45) is 3.51. The number of carbonyl (C=O) groups excluding carboxylic acids is 2. The summed E-state index contributed by atoms with van der Waals surface area (Å²) in [6, 6.07) is 7.68. The molecule has 1 aliphatic heterocycles. The molecule has 2 unspecified atom stereocenters. The molecule has 2 atom stereocenters. The number of carbonyl (C=O) groups is 2. The largest absolute Gasteiger partial charge is 0.484 e. The van der Waals surface area contributed by atoms with E-state index in [9.17, 15) is 9.59 Å². The lowest BCUT2D eigenvalue weighted by Gasteiger charge is -2.38. The van der Waals surface area contributed by atoms with Gasteiger partial charge < -0.3 is 20.1 Å². The van der Waals surface area contributed by atoms with Crippen molar-refractivity contribution in [3.63, 3.8) is 0 Å². The van der Waals surface area contributed by atoms with Crippen LogP contribution in [-0.4, -0.2) is 53.7 Å². The zero-order valence-electron chi connectivity index (χ0n) is 15.0. The van der Waals surface area contributed by atoms with Crippen molar-refractivity contribution in [3.05, 3.63) is 29.8 Å². The summed E-state index contributed by atoms with van der Waals surface area (Å²) in [5.74, 6) is 0.503. The highest BCUT2D eigenvalue weighted by atomic mass is 16.5. The molecule has 0 radical (unpaired) electrons. The first kappa shape index (κ1) is 19.2. The summed E-state index contributed by atoms with van der Waals surface area (Å²) < 4.78 is 5.62. The summed E-state index contributed by atoms with van der Waals surface area (Å²) in [6.45, 7) is 4.40. The summed E-state index contributed by atoms with van der Waals surface area (Å²) >= 11 is 0. The smallest absolute Gasteiger partial charge is 0.260 e. The van der Waals surface area contributed by atoms with Crippen LogP contribution in [-0.2, 0) is 16.0 Å². The van der Waals surface area contributed by atoms with Gasteiger partial charge in [0, 0.05) is 18.6 Å². The van der Waals surface area contributed by atoms with Gasteiger partial charge in [-0.05, 0) is 50.8 Å². The van der Waals surface area contributed by atoms with E-state index in [1.807, 2.05) is 17.0 Å². The highest BCUT2D eigenvalue weighted by Crippen LogP contribution is 2.23. The number of nitrogens with zero attached hydrogens (tertiary/aromatic N) is 1. The maximum absolute atomic E-state index is 12.4. The molecule has 0 spiro atoms. The molecule has 6 nitrogen and oxygen atoms in total. The number of nitrogens with one attached hydrogen (secondary N) is 1. The van der Waals surface area contributed by atoms with Crippen LogP contribution >= 0.6 is 0 Å². The third-order valence-corrected chi connectivity index (χ3v) is 4.57. The molecule has 1 aromatic carbocycles. The molecule has 0 aromatic heterocycles. The molecule has 25 heavy (non-hydrogen) atoms. The number of hydrogen-bond donors (Lipinski definition) is 2. The van der Waals surface area contributed by atoms with Crippen molar-refractivity contribution in [2.45, 2.75) is 51.6 Å². The van der Waals surface area contributed by atoms with Gasteiger partial charge in [-0.25, -0.2) is 0 Å². The molecule has 1 aliphatic rings. The fourth-order valence-corrected chi connectivity index (χ4v) is 3.28. The zero-order valence-corrected chi connectivity index (χ0v) is 15.0. The van der Waals surface area contributed by atoms with Crippen LogP contribution in [0.4, 0.5) is 0 Å². The molecule has 0 bridgehead atoms. The third-order valence-electron chi connectivity index (χ3n) is 4.57. The molecule has 1 aromatic rings. The van der Waals surface area contributed by atoms with Crippen molar-refractivity contribution in [1.29, 1.82) is 0 Å². The molecule has 1 heterocycles. The van der Waals surface area contributed by atoms with Gasteiger partial charge in [-0.1, -0.05) is 12.1 Å². The quantitative estimate of drug-likeness (QED) is 0.783. The third kappa shape index (κ3) is 5.74. The lowest BCUT2D eigenvalue weighted by molar-refractivity contribution is -0.139. The Balaban J connectivity index is 1.82. The molecule has 2 amide bonds. The first-order valence-corrected chi connectivity index (χ1v) is 8.91. The van der Waals surface area contributed by atoms with Gasteiger partial charge in [0.25, 0.3) is 5.91 Å². The highest BCUT2D eigenvalue weighted by molar-refractivity contribution is 5.79. The van der Waals surface area contributed by atoms with Gasteiger partial charge in [-0.15, -0.1) is 0 Å². The van der Waals surface area contributed by atoms with Crippen molar-refractivity contribution < 1.29 is 19.4 Å². The van der Waals surface area contributed by atoms with Crippen LogP contribution in [0.3, 0.4) is 0 Å². The van der Waals surface area contributed by atoms with Gasteiger partial charge in [0.05, 0.1) is 13.0 Å². The van der Waals surface area contributed by atoms with Gasteiger partial charge >= 0.3 is 0 Å². The molecule has 2 N–H and O–H groups in total. The number of amides is 2. The Kier molecular flexibility index (Phi) is 7.25. The predicted octanol–water partition coefficient (Wildman–Crippen LogP) is 1.51. The van der Waals surface area contributed by atoms with Gasteiger partial charge in [-0.2, -0.15) is 0 Å². The number of benzene rings is 1. The van der Waals surface area contributed by atoms with Crippen molar-refractivity contribution >= 4 is 11.8 Å². The van der Waals surface area contributed by atoms with Crippen molar-refractivity contribution in [2.24, 2.45) is 0 Å². The minimum absolute atomic E-state index is 0.0205. The Bertz CT molecular complexity index is 563. The van der Waals surface area contributed by atoms with E-state index in [4.69, 9.17) is 9.84 Å². The second-order valence-electron chi connectivity index (χ2n) is 6.61. The minimum Gasteiger partial charge on any atom is -0.484 e. The molecule has 0 aliphatic carbocycles. The minimum atomic E-state index is -0.133. The van der Waals surface area contributed by atoms with Crippen LogP contribution in [0.5, 0.6) is 5.75 Å². The van der Waals surface area contributed by atoms with Gasteiger partial charge in [-0.3, -0.25) is 9.59 Å². The fourth-order valence-electron chi connectivity index (χ4n) is 3.28. The lowest BCUT2D eigenvalue weighted by atomic mass is 9.97. The predicted molar refractivity (Wildman–Crippen MR) is 95.4 cm³/mol. The van der Waals surface area contributed by atoms with E-state index in [2.05, 4.69) is 19.2 Å². The number of aliphatic hydroxyl groups is 1. The van der Waals surface area contributed by atoms with E-state index < -0.39 is 0 Å². The molecule has 1 fully saturated rings. The van der Waals surface area contributed by atoms with Crippen LogP contribution in [0.25, 0.3) is 0 Å². The zero-order chi connectivity index (χ0) is 18.2. The maximum Gasteiger partial charge on any atom is 0.260 e. The Morgan fingerprint density at radius 3 is 2.44 bits per heavy atom. The topological polar surface area (TPSA) is 78.9 Å². The number of likely N-dealkylation sites (tertiary alicyclic amines) is 1. The van der Waals surface area contributed by atoms with Crippen LogP contribution in [0.15, 0.2) is 24.3 Å². The average Bonchev–Trinajstić information content (AvgIpc) is 2.59. The molecule has 1 saturated heterocycles. The Morgan fingerprint density at radius 1 is 1.20 bits per heavy atom. The van der Waals surface area contributed by atoms with E-state index >= 15 is 0 Å². The summed E-state index contributed by atoms with van der Waals surface area (Å²) in [7, 11) is 0. The highest BCUT2D eigenvalue weighted by Gasteiger charge is 2.28. The summed E-state index contributed by atoms with van der Waals surface area (Å²) in [5.41, 5.74) is 0.854. The average molecular weight is 348 g/mol. The van der Waals surface area contributed by atoms with E-state index in [0.717, 1.165) is 18.4 Å². The number of piperidine rings is 1. The number of aliphatic hydroxyl groups excluding tert-OH is 1. The Labute approximate surface area is 149 Å². The molecule has 2 rings (SSSR count). The Morgan fingerprint density at radius 2 is 1.84 bits per heavy atom. The van der Waals surface area contributed by atoms with Gasteiger partial charge in [0.15, 0.2) is 6.61 Å². The Hall–Kier alpha value is -2.08. The number of rotatable bonds is 7.